The van der Waals surface area contributed by atoms with E-state index in [1.54, 1.807) is 0 Å². The molecule has 12 rings (SSSR count). The largest absolute Gasteiger partial charge is 0.358 e. The van der Waals surface area contributed by atoms with Crippen LogP contribution in [0.1, 0.15) is 73.6 Å². The number of rotatable bonds is 4. The van der Waals surface area contributed by atoms with E-state index in [2.05, 4.69) is 166 Å². The van der Waals surface area contributed by atoms with Gasteiger partial charge in [0.1, 0.15) is 0 Å². The molecule has 5 heteroatoms. The summed E-state index contributed by atoms with van der Waals surface area (Å²) in [6.45, 7) is 3.72. The van der Waals surface area contributed by atoms with Crippen LogP contribution >= 0.6 is 12.2 Å². The van der Waals surface area contributed by atoms with E-state index < -0.39 is 0 Å². The Kier molecular flexibility index (Phi) is 9.81. The topological polar surface area (TPSA) is 30.5 Å². The van der Waals surface area contributed by atoms with Gasteiger partial charge in [-0.05, 0) is 125 Å². The lowest BCUT2D eigenvalue weighted by Gasteiger charge is -2.43. The normalized spacial score (nSPS) is 21.7. The zero-order valence-electron chi connectivity index (χ0n) is 35.5. The third-order valence-corrected chi connectivity index (χ3v) is 15.3. The minimum Gasteiger partial charge on any atom is -0.358 e. The van der Waals surface area contributed by atoms with Gasteiger partial charge in [0.25, 0.3) is 0 Å². The van der Waals surface area contributed by atoms with Gasteiger partial charge in [0.05, 0.1) is 0 Å². The fraction of sp³-hybridized carbons (Fsp3) is 0.281. The van der Waals surface area contributed by atoms with Crippen molar-refractivity contribution in [1.29, 1.82) is 0 Å². The Morgan fingerprint density at radius 2 is 0.661 bits per heavy atom. The summed E-state index contributed by atoms with van der Waals surface area (Å²) in [5.41, 5.74) is 11.4. The van der Waals surface area contributed by atoms with Crippen molar-refractivity contribution in [2.75, 3.05) is 0 Å². The molecule has 2 saturated carbocycles. The van der Waals surface area contributed by atoms with Crippen LogP contribution in [0.2, 0.25) is 0 Å². The van der Waals surface area contributed by atoms with Gasteiger partial charge in [0.2, 0.25) is 0 Å². The molecule has 0 saturated heterocycles. The zero-order valence-corrected chi connectivity index (χ0v) is 36.3. The standard InChI is InChI=1S/C57H54N4S/c62-57(58-49-21-9-11-23-51(49)60-33-41-29-25-37-13-1-5-17-45(37)53(41)54-42(34-60)30-26-38-14-2-6-18-46(38)54)59-50-22-10-12-24-52(50)61-35-43-31-27-39-15-3-7-19-47(39)55(43)56-44(36-61)32-28-40-16-4-8-20-48(40)56/h1-8,13-20,25-32,49-52H,9-12,21-24,33-36H2,(H2,58,59,62)/t49-,50-,51-,52-/m0/s1. The second-order valence-corrected chi connectivity index (χ2v) is 19.0. The molecule has 62 heavy (non-hydrogen) atoms. The smallest absolute Gasteiger partial charge is 0.166 e. The number of fused-ring (bicyclic) bond motifs is 14. The van der Waals surface area contributed by atoms with E-state index in [1.165, 1.54) is 126 Å². The van der Waals surface area contributed by atoms with Crippen LogP contribution in [0.15, 0.2) is 146 Å². The van der Waals surface area contributed by atoms with Gasteiger partial charge in [-0.3, -0.25) is 9.80 Å². The van der Waals surface area contributed by atoms with Crippen molar-refractivity contribution in [3.05, 3.63) is 168 Å². The third kappa shape index (κ3) is 6.68. The first-order chi connectivity index (χ1) is 30.6. The SMILES string of the molecule is S=C(N[C@H]1CCCC[C@@H]1N1Cc2ccc3ccccc3c2-c2c(ccc3ccccc23)C1)N[C@H]1CCCC[C@@H]1N1Cc2ccc3ccccc3c2-c2c(ccc3ccccc23)C1. The van der Waals surface area contributed by atoms with E-state index in [1.807, 2.05) is 0 Å². The predicted octanol–water partition coefficient (Wildman–Crippen LogP) is 13.1. The summed E-state index contributed by atoms with van der Waals surface area (Å²) in [7, 11) is 0. The Morgan fingerprint density at radius 3 is 0.984 bits per heavy atom. The molecule has 308 valence electrons. The number of hydrogen-bond acceptors (Lipinski definition) is 3. The zero-order chi connectivity index (χ0) is 41.1. The van der Waals surface area contributed by atoms with E-state index in [0.717, 1.165) is 44.1 Å². The van der Waals surface area contributed by atoms with Crippen LogP contribution in [-0.2, 0) is 26.2 Å². The van der Waals surface area contributed by atoms with Crippen LogP contribution in [0.3, 0.4) is 0 Å². The number of benzene rings is 8. The molecule has 0 unspecified atom stereocenters. The highest BCUT2D eigenvalue weighted by atomic mass is 32.1. The average molecular weight is 827 g/mol. The molecule has 2 aliphatic carbocycles. The Bertz CT molecular complexity index is 2650. The van der Waals surface area contributed by atoms with Crippen molar-refractivity contribution >= 4 is 60.4 Å². The first-order valence-corrected chi connectivity index (χ1v) is 23.6. The van der Waals surface area contributed by atoms with Gasteiger partial charge in [0, 0.05) is 50.3 Å². The molecule has 2 N–H and O–H groups in total. The molecule has 0 bridgehead atoms. The summed E-state index contributed by atoms with van der Waals surface area (Å²) < 4.78 is 0. The highest BCUT2D eigenvalue weighted by Gasteiger charge is 2.37. The molecular formula is C57H54N4S. The Labute approximate surface area is 370 Å². The molecule has 2 fully saturated rings. The van der Waals surface area contributed by atoms with Gasteiger partial charge in [-0.1, -0.05) is 171 Å². The fourth-order valence-corrected chi connectivity index (χ4v) is 12.5. The Hall–Kier alpha value is -5.59. The number of thiocarbonyl (C=S) groups is 1. The third-order valence-electron chi connectivity index (χ3n) is 15.1. The first kappa shape index (κ1) is 38.1. The summed E-state index contributed by atoms with van der Waals surface area (Å²) in [5.74, 6) is 0. The van der Waals surface area contributed by atoms with Crippen molar-refractivity contribution in [2.45, 2.75) is 102 Å². The number of nitrogens with one attached hydrogen (secondary N) is 2. The lowest BCUT2D eigenvalue weighted by atomic mass is 9.88. The lowest BCUT2D eigenvalue weighted by molar-refractivity contribution is 0.110. The van der Waals surface area contributed by atoms with Gasteiger partial charge in [0.15, 0.2) is 5.11 Å². The van der Waals surface area contributed by atoms with Gasteiger partial charge in [-0.15, -0.1) is 0 Å². The summed E-state index contributed by atoms with van der Waals surface area (Å²) in [5, 5.41) is 19.5. The quantitative estimate of drug-likeness (QED) is 0.173. The molecule has 4 aliphatic rings. The summed E-state index contributed by atoms with van der Waals surface area (Å²) in [6, 6.07) is 56.2. The molecule has 4 nitrogen and oxygen atoms in total. The maximum Gasteiger partial charge on any atom is 0.166 e. The van der Waals surface area contributed by atoms with Crippen molar-refractivity contribution in [1.82, 2.24) is 20.4 Å². The highest BCUT2D eigenvalue weighted by molar-refractivity contribution is 7.80. The van der Waals surface area contributed by atoms with E-state index in [4.69, 9.17) is 12.2 Å². The molecular weight excluding hydrogens is 773 g/mol. The van der Waals surface area contributed by atoms with Crippen molar-refractivity contribution < 1.29 is 0 Å². The van der Waals surface area contributed by atoms with Crippen molar-refractivity contribution in [2.24, 2.45) is 0 Å². The second-order valence-electron chi connectivity index (χ2n) is 18.6. The minimum absolute atomic E-state index is 0.287. The number of nitrogens with zero attached hydrogens (tertiary/aromatic N) is 2. The molecule has 0 amide bonds. The molecule has 8 aromatic carbocycles. The molecule has 0 radical (unpaired) electrons. The van der Waals surface area contributed by atoms with Gasteiger partial charge in [-0.25, -0.2) is 0 Å². The summed E-state index contributed by atoms with van der Waals surface area (Å²) in [6.07, 6.45) is 9.58. The van der Waals surface area contributed by atoms with Crippen molar-refractivity contribution in [3.63, 3.8) is 0 Å². The predicted molar refractivity (Wildman–Crippen MR) is 263 cm³/mol. The second kappa shape index (κ2) is 16.0. The van der Waals surface area contributed by atoms with Gasteiger partial charge < -0.3 is 10.6 Å². The average Bonchev–Trinajstić information content (AvgIpc) is 3.61. The highest BCUT2D eigenvalue weighted by Crippen LogP contribution is 2.45. The van der Waals surface area contributed by atoms with Crippen LogP contribution < -0.4 is 10.6 Å². The monoisotopic (exact) mass is 826 g/mol. The van der Waals surface area contributed by atoms with Crippen LogP contribution in [0.25, 0.3) is 65.3 Å². The van der Waals surface area contributed by atoms with Gasteiger partial charge in [-0.2, -0.15) is 0 Å². The maximum absolute atomic E-state index is 6.38. The van der Waals surface area contributed by atoms with E-state index in [0.29, 0.717) is 12.1 Å². The molecule has 0 aromatic heterocycles. The summed E-state index contributed by atoms with van der Waals surface area (Å²) >= 11 is 6.38. The molecule has 0 spiro atoms. The first-order valence-electron chi connectivity index (χ1n) is 23.2. The molecule has 2 aliphatic heterocycles. The molecule has 4 atom stereocenters. The maximum atomic E-state index is 6.38. The van der Waals surface area contributed by atoms with Crippen LogP contribution in [0.4, 0.5) is 0 Å². The fourth-order valence-electron chi connectivity index (χ4n) is 12.2. The van der Waals surface area contributed by atoms with Crippen LogP contribution in [-0.4, -0.2) is 39.1 Å². The van der Waals surface area contributed by atoms with E-state index >= 15 is 0 Å². The Morgan fingerprint density at radius 1 is 0.371 bits per heavy atom. The molecule has 8 aromatic rings. The summed E-state index contributed by atoms with van der Waals surface area (Å²) in [4.78, 5) is 5.58. The lowest BCUT2D eigenvalue weighted by Crippen LogP contribution is -2.59. The molecule has 2 heterocycles. The van der Waals surface area contributed by atoms with Crippen LogP contribution in [0, 0.1) is 0 Å². The number of hydrogen-bond donors (Lipinski definition) is 2. The van der Waals surface area contributed by atoms with Gasteiger partial charge >= 0.3 is 0 Å². The van der Waals surface area contributed by atoms with E-state index in [9.17, 15) is 0 Å². The Balaban J connectivity index is 0.838. The minimum atomic E-state index is 0.287. The van der Waals surface area contributed by atoms with Crippen LogP contribution in [0.5, 0.6) is 0 Å². The van der Waals surface area contributed by atoms with E-state index in [-0.39, 0.29) is 12.1 Å². The van der Waals surface area contributed by atoms with Crippen molar-refractivity contribution in [3.8, 4) is 22.3 Å².